The van der Waals surface area contributed by atoms with Crippen LogP contribution in [0.2, 0.25) is 0 Å². The summed E-state index contributed by atoms with van der Waals surface area (Å²) < 4.78 is 0. The maximum atomic E-state index is 11.6. The first-order valence-corrected chi connectivity index (χ1v) is 5.24. The molecule has 1 aromatic heterocycles. The van der Waals surface area contributed by atoms with Crippen LogP contribution in [-0.2, 0) is 4.79 Å². The molecule has 2 rings (SSSR count). The van der Waals surface area contributed by atoms with Gasteiger partial charge in [0, 0.05) is 12.1 Å². The lowest BCUT2D eigenvalue weighted by molar-refractivity contribution is -0.124. The Labute approximate surface area is 88.5 Å². The van der Waals surface area contributed by atoms with E-state index >= 15 is 0 Å². The predicted molar refractivity (Wildman–Crippen MR) is 55.5 cm³/mol. The van der Waals surface area contributed by atoms with Gasteiger partial charge in [-0.2, -0.15) is 0 Å². The van der Waals surface area contributed by atoms with Crippen LogP contribution in [0.4, 0.5) is 0 Å². The molecule has 0 radical (unpaired) electrons. The lowest BCUT2D eigenvalue weighted by Gasteiger charge is -2.23. The first kappa shape index (κ1) is 10.0. The topological polar surface area (TPSA) is 47.0 Å². The van der Waals surface area contributed by atoms with E-state index in [0.717, 1.165) is 19.3 Å². The van der Waals surface area contributed by atoms with E-state index in [-0.39, 0.29) is 23.9 Å². The second-order valence-electron chi connectivity index (χ2n) is 3.91. The number of pyridine rings is 1. The van der Waals surface area contributed by atoms with E-state index < -0.39 is 0 Å². The summed E-state index contributed by atoms with van der Waals surface area (Å²) in [6, 6.07) is 5.16. The van der Waals surface area contributed by atoms with E-state index in [1.807, 2.05) is 0 Å². The molecule has 1 heterocycles. The van der Waals surface area contributed by atoms with Gasteiger partial charge in [-0.1, -0.05) is 12.5 Å². The molecule has 0 spiro atoms. The van der Waals surface area contributed by atoms with Crippen molar-refractivity contribution in [3.05, 3.63) is 30.1 Å². The SMILES string of the molecule is O=C(CC(=O)C1CCC1)c1ccccn1. The summed E-state index contributed by atoms with van der Waals surface area (Å²) in [5.41, 5.74) is 0.394. The van der Waals surface area contributed by atoms with Crippen molar-refractivity contribution in [3.63, 3.8) is 0 Å². The molecule has 0 amide bonds. The average molecular weight is 203 g/mol. The summed E-state index contributed by atoms with van der Waals surface area (Å²) in [7, 11) is 0. The molecule has 0 atom stereocenters. The fourth-order valence-corrected chi connectivity index (χ4v) is 1.65. The van der Waals surface area contributed by atoms with Crippen LogP contribution in [0.15, 0.2) is 24.4 Å². The number of hydrogen-bond acceptors (Lipinski definition) is 3. The van der Waals surface area contributed by atoms with Crippen LogP contribution >= 0.6 is 0 Å². The van der Waals surface area contributed by atoms with Crippen LogP contribution < -0.4 is 0 Å². The zero-order chi connectivity index (χ0) is 10.7. The lowest BCUT2D eigenvalue weighted by Crippen LogP contribution is -2.24. The molecule has 1 aliphatic carbocycles. The van der Waals surface area contributed by atoms with Crippen molar-refractivity contribution in [3.8, 4) is 0 Å². The lowest BCUT2D eigenvalue weighted by atomic mass is 9.80. The fraction of sp³-hybridized carbons (Fsp3) is 0.417. The van der Waals surface area contributed by atoms with Gasteiger partial charge in [0.15, 0.2) is 5.78 Å². The molecule has 3 nitrogen and oxygen atoms in total. The van der Waals surface area contributed by atoms with Crippen molar-refractivity contribution in [2.75, 3.05) is 0 Å². The van der Waals surface area contributed by atoms with E-state index in [2.05, 4.69) is 4.98 Å². The maximum Gasteiger partial charge on any atom is 0.188 e. The molecule has 3 heteroatoms. The van der Waals surface area contributed by atoms with Gasteiger partial charge in [-0.05, 0) is 25.0 Å². The van der Waals surface area contributed by atoms with Crippen molar-refractivity contribution in [2.45, 2.75) is 25.7 Å². The van der Waals surface area contributed by atoms with Gasteiger partial charge >= 0.3 is 0 Å². The quantitative estimate of drug-likeness (QED) is 0.555. The Morgan fingerprint density at radius 1 is 1.33 bits per heavy atom. The van der Waals surface area contributed by atoms with Crippen molar-refractivity contribution in [1.29, 1.82) is 0 Å². The van der Waals surface area contributed by atoms with E-state index in [9.17, 15) is 9.59 Å². The van der Waals surface area contributed by atoms with Crippen molar-refractivity contribution >= 4 is 11.6 Å². The van der Waals surface area contributed by atoms with Gasteiger partial charge in [0.25, 0.3) is 0 Å². The van der Waals surface area contributed by atoms with Crippen LogP contribution in [-0.4, -0.2) is 16.6 Å². The zero-order valence-corrected chi connectivity index (χ0v) is 8.48. The van der Waals surface area contributed by atoms with Crippen molar-refractivity contribution < 1.29 is 9.59 Å². The number of Topliss-reactive ketones (excluding diaryl/α,β-unsaturated/α-hetero) is 2. The molecule has 0 N–H and O–H groups in total. The van der Waals surface area contributed by atoms with Crippen molar-refractivity contribution in [2.24, 2.45) is 5.92 Å². The van der Waals surface area contributed by atoms with Crippen LogP contribution in [0.25, 0.3) is 0 Å². The van der Waals surface area contributed by atoms with Crippen LogP contribution in [0.3, 0.4) is 0 Å². The van der Waals surface area contributed by atoms with E-state index in [0.29, 0.717) is 5.69 Å². The van der Waals surface area contributed by atoms with Gasteiger partial charge in [0.1, 0.15) is 11.5 Å². The number of ketones is 2. The molecule has 0 aliphatic heterocycles. The minimum absolute atomic E-state index is 0.0156. The average Bonchev–Trinajstić information content (AvgIpc) is 2.16. The molecule has 0 bridgehead atoms. The van der Waals surface area contributed by atoms with Gasteiger partial charge < -0.3 is 0 Å². The molecular formula is C12H13NO2. The van der Waals surface area contributed by atoms with Gasteiger partial charge in [-0.15, -0.1) is 0 Å². The normalized spacial score (nSPS) is 15.7. The highest BCUT2D eigenvalue weighted by Gasteiger charge is 2.26. The van der Waals surface area contributed by atoms with Crippen molar-refractivity contribution in [1.82, 2.24) is 4.98 Å². The fourth-order valence-electron chi connectivity index (χ4n) is 1.65. The highest BCUT2D eigenvalue weighted by atomic mass is 16.1. The van der Waals surface area contributed by atoms with E-state index in [1.54, 1.807) is 24.4 Å². The Balaban J connectivity index is 1.95. The minimum Gasteiger partial charge on any atom is -0.299 e. The molecular weight excluding hydrogens is 190 g/mol. The molecule has 1 fully saturated rings. The largest absolute Gasteiger partial charge is 0.299 e. The summed E-state index contributed by atoms with van der Waals surface area (Å²) in [6.07, 6.45) is 4.61. The van der Waals surface area contributed by atoms with Gasteiger partial charge in [-0.3, -0.25) is 14.6 Å². The minimum atomic E-state index is -0.160. The molecule has 0 unspecified atom stereocenters. The molecule has 1 aliphatic rings. The monoisotopic (exact) mass is 203 g/mol. The van der Waals surface area contributed by atoms with Gasteiger partial charge in [-0.25, -0.2) is 0 Å². The van der Waals surface area contributed by atoms with Crippen LogP contribution in [0.1, 0.15) is 36.2 Å². The third-order valence-electron chi connectivity index (χ3n) is 2.85. The molecule has 0 saturated heterocycles. The Kier molecular flexibility index (Phi) is 2.90. The summed E-state index contributed by atoms with van der Waals surface area (Å²) in [5, 5.41) is 0. The number of aromatic nitrogens is 1. The standard InChI is InChI=1S/C12H13NO2/c14-11(9-4-3-5-9)8-12(15)10-6-1-2-7-13-10/h1-2,6-7,9H,3-5,8H2. The number of nitrogens with zero attached hydrogens (tertiary/aromatic N) is 1. The van der Waals surface area contributed by atoms with Gasteiger partial charge in [0.2, 0.25) is 0 Å². The molecule has 0 aromatic carbocycles. The highest BCUT2D eigenvalue weighted by molar-refractivity contribution is 6.07. The zero-order valence-electron chi connectivity index (χ0n) is 8.48. The number of carbonyl (C=O) groups excluding carboxylic acids is 2. The second kappa shape index (κ2) is 4.34. The highest BCUT2D eigenvalue weighted by Crippen LogP contribution is 2.28. The smallest absolute Gasteiger partial charge is 0.188 e. The summed E-state index contributed by atoms with van der Waals surface area (Å²) >= 11 is 0. The third kappa shape index (κ3) is 2.29. The number of rotatable bonds is 4. The molecule has 1 aromatic rings. The Hall–Kier alpha value is -1.51. The summed E-state index contributed by atoms with van der Waals surface area (Å²) in [6.45, 7) is 0. The third-order valence-corrected chi connectivity index (χ3v) is 2.85. The molecule has 1 saturated carbocycles. The number of carbonyl (C=O) groups is 2. The Morgan fingerprint density at radius 2 is 2.13 bits per heavy atom. The van der Waals surface area contributed by atoms with E-state index in [4.69, 9.17) is 0 Å². The first-order valence-electron chi connectivity index (χ1n) is 5.24. The van der Waals surface area contributed by atoms with Gasteiger partial charge in [0.05, 0.1) is 6.42 Å². The summed E-state index contributed by atoms with van der Waals surface area (Å²) in [4.78, 5) is 27.1. The Morgan fingerprint density at radius 3 is 2.67 bits per heavy atom. The first-order chi connectivity index (χ1) is 7.27. The molecule has 15 heavy (non-hydrogen) atoms. The van der Waals surface area contributed by atoms with Crippen LogP contribution in [0, 0.1) is 5.92 Å². The van der Waals surface area contributed by atoms with Crippen LogP contribution in [0.5, 0.6) is 0 Å². The summed E-state index contributed by atoms with van der Waals surface area (Å²) in [5.74, 6) is 0.0575. The Bertz CT molecular complexity index is 368. The predicted octanol–water partition coefficient (Wildman–Crippen LogP) is 2.02. The number of hydrogen-bond donors (Lipinski definition) is 0. The maximum absolute atomic E-state index is 11.6. The molecule has 78 valence electrons. The second-order valence-corrected chi connectivity index (χ2v) is 3.91. The van der Waals surface area contributed by atoms with E-state index in [1.165, 1.54) is 0 Å².